The van der Waals surface area contributed by atoms with Crippen LogP contribution in [0.15, 0.2) is 23.8 Å². The number of hydrogen-bond donors (Lipinski definition) is 3. The predicted molar refractivity (Wildman–Crippen MR) is 127 cm³/mol. The third-order valence-corrected chi connectivity index (χ3v) is 7.93. The Morgan fingerprint density at radius 1 is 1.20 bits per heavy atom. The van der Waals surface area contributed by atoms with Gasteiger partial charge < -0.3 is 30.0 Å². The van der Waals surface area contributed by atoms with Crippen LogP contribution in [0.4, 0.5) is 0 Å². The first-order valence-electron chi connectivity index (χ1n) is 12.9. The number of carbonyl (C=O) groups excluding carboxylic acids is 2. The molecule has 7 nitrogen and oxygen atoms in total. The van der Waals surface area contributed by atoms with Gasteiger partial charge in [-0.3, -0.25) is 4.79 Å². The monoisotopic (exact) mass is 502 g/mol. The molecule has 0 aromatic rings. The molecule has 0 bridgehead atoms. The summed E-state index contributed by atoms with van der Waals surface area (Å²) in [6.07, 6.45) is 6.72. The van der Waals surface area contributed by atoms with Crippen molar-refractivity contribution in [2.75, 3.05) is 0 Å². The number of hydrogen-bond acceptors (Lipinski definition) is 7. The molecule has 0 saturated carbocycles. The Morgan fingerprint density at radius 3 is 2.43 bits per heavy atom. The van der Waals surface area contributed by atoms with Crippen molar-refractivity contribution in [2.24, 2.45) is 23.2 Å². The Bertz CT molecular complexity index is 746. The molecular formula is C27H43NaO7. The molecule has 7 atom stereocenters. The van der Waals surface area contributed by atoms with E-state index >= 15 is 0 Å². The van der Waals surface area contributed by atoms with Crippen molar-refractivity contribution in [1.29, 1.82) is 0 Å². The molecule has 0 aromatic heterocycles. The van der Waals surface area contributed by atoms with Gasteiger partial charge in [0.05, 0.1) is 23.7 Å². The minimum atomic E-state index is -1.34. The predicted octanol–water partition coefficient (Wildman–Crippen LogP) is -0.330. The van der Waals surface area contributed by atoms with Crippen LogP contribution in [-0.4, -0.2) is 51.7 Å². The van der Waals surface area contributed by atoms with Crippen molar-refractivity contribution in [1.82, 2.24) is 0 Å². The topological polar surface area (TPSA) is 127 Å². The molecule has 2 aliphatic rings. The van der Waals surface area contributed by atoms with E-state index in [1.165, 1.54) is 0 Å². The van der Waals surface area contributed by atoms with Crippen LogP contribution in [0.1, 0.15) is 85.5 Å². The van der Waals surface area contributed by atoms with Crippen molar-refractivity contribution >= 4 is 11.9 Å². The first kappa shape index (κ1) is 32.3. The molecule has 0 radical (unpaired) electrons. The van der Waals surface area contributed by atoms with Crippen LogP contribution in [0, 0.1) is 23.2 Å². The minimum absolute atomic E-state index is 0. The average molecular weight is 503 g/mol. The summed E-state index contributed by atoms with van der Waals surface area (Å²) in [5.41, 5.74) is 0.443. The summed E-state index contributed by atoms with van der Waals surface area (Å²) >= 11 is 0. The van der Waals surface area contributed by atoms with E-state index in [2.05, 4.69) is 19.9 Å². The Balaban J connectivity index is 0.00000612. The summed E-state index contributed by atoms with van der Waals surface area (Å²) in [6.45, 7) is 8.20. The fourth-order valence-corrected chi connectivity index (χ4v) is 5.81. The van der Waals surface area contributed by atoms with E-state index < -0.39 is 42.2 Å². The second-order valence-electron chi connectivity index (χ2n) is 10.3. The quantitative estimate of drug-likeness (QED) is 0.233. The zero-order valence-electron chi connectivity index (χ0n) is 22.1. The standard InChI is InChI=1S/C27H44O7.Na/c1-5-12-27(6-2,7-3)26(33)34-23-15-20(29)13-18-9-8-17(4)22(25(18)23)11-10-19(28)14-21(30)16-24(31)32;/h8-9,13,17,19-23,25,28-30H,5-7,10-12,14-16H2,1-4H3,(H,31,32);/q;+1/p-1/t17-,19+,20+,21+,22-,23-,25-;/m0./s1. The summed E-state index contributed by atoms with van der Waals surface area (Å²) in [5.74, 6) is -1.36. The summed E-state index contributed by atoms with van der Waals surface area (Å²) in [7, 11) is 0. The maximum absolute atomic E-state index is 13.4. The third kappa shape index (κ3) is 8.68. The molecule has 0 saturated heterocycles. The van der Waals surface area contributed by atoms with E-state index in [-0.39, 0.29) is 59.7 Å². The van der Waals surface area contributed by atoms with Crippen molar-refractivity contribution < 1.29 is 64.3 Å². The number of esters is 1. The van der Waals surface area contributed by atoms with E-state index in [4.69, 9.17) is 4.74 Å². The Hall–Kier alpha value is -0.700. The SMILES string of the molecule is CCCC(CC)(CC)C(=O)O[C@H]1C[C@H](O)C=C2C=C[C@H](C)[C@H](CC[C@@H](O)C[C@@H](O)CC(=O)[O-])[C@H]21.[Na+]. The number of allylic oxidation sites excluding steroid dienone is 2. The second kappa shape index (κ2) is 14.9. The number of carboxylic acids is 1. The van der Waals surface area contributed by atoms with Crippen LogP contribution in [0.25, 0.3) is 0 Å². The molecule has 35 heavy (non-hydrogen) atoms. The molecule has 3 N–H and O–H groups in total. The molecule has 0 aliphatic heterocycles. The van der Waals surface area contributed by atoms with Crippen LogP contribution in [0.3, 0.4) is 0 Å². The van der Waals surface area contributed by atoms with Crippen LogP contribution in [0.2, 0.25) is 0 Å². The van der Waals surface area contributed by atoms with Crippen LogP contribution in [0.5, 0.6) is 0 Å². The van der Waals surface area contributed by atoms with Gasteiger partial charge in [-0.2, -0.15) is 0 Å². The Morgan fingerprint density at radius 2 is 1.86 bits per heavy atom. The van der Waals surface area contributed by atoms with Gasteiger partial charge in [0.15, 0.2) is 0 Å². The van der Waals surface area contributed by atoms with Crippen molar-refractivity contribution in [2.45, 2.75) is 110 Å². The normalized spacial score (nSPS) is 27.7. The van der Waals surface area contributed by atoms with Gasteiger partial charge in [-0.25, -0.2) is 0 Å². The first-order valence-corrected chi connectivity index (χ1v) is 12.9. The molecule has 0 amide bonds. The molecule has 0 fully saturated rings. The molecule has 2 aliphatic carbocycles. The summed E-state index contributed by atoms with van der Waals surface area (Å²) in [4.78, 5) is 24.0. The smallest absolute Gasteiger partial charge is 0.550 e. The van der Waals surface area contributed by atoms with E-state index in [0.29, 0.717) is 32.1 Å². The van der Waals surface area contributed by atoms with Gasteiger partial charge in [-0.05, 0) is 55.9 Å². The molecule has 8 heteroatoms. The van der Waals surface area contributed by atoms with Gasteiger partial charge in [0.25, 0.3) is 0 Å². The molecule has 194 valence electrons. The molecule has 0 spiro atoms. The van der Waals surface area contributed by atoms with E-state index in [1.54, 1.807) is 0 Å². The molecule has 0 unspecified atom stereocenters. The summed E-state index contributed by atoms with van der Waals surface area (Å²) in [6, 6.07) is 0. The average Bonchev–Trinajstić information content (AvgIpc) is 2.76. The van der Waals surface area contributed by atoms with E-state index in [0.717, 1.165) is 18.4 Å². The van der Waals surface area contributed by atoms with Crippen molar-refractivity contribution in [3.63, 3.8) is 0 Å². The van der Waals surface area contributed by atoms with Gasteiger partial charge in [-0.15, -0.1) is 0 Å². The van der Waals surface area contributed by atoms with Gasteiger partial charge >= 0.3 is 35.5 Å². The van der Waals surface area contributed by atoms with Gasteiger partial charge in [-0.1, -0.05) is 52.3 Å². The van der Waals surface area contributed by atoms with Gasteiger partial charge in [0.2, 0.25) is 0 Å². The fraction of sp³-hybridized carbons (Fsp3) is 0.778. The van der Waals surface area contributed by atoms with Crippen LogP contribution in [-0.2, 0) is 14.3 Å². The Labute approximate surface area is 232 Å². The summed E-state index contributed by atoms with van der Waals surface area (Å²) < 4.78 is 6.18. The Kier molecular flexibility index (Phi) is 13.8. The number of carbonyl (C=O) groups is 2. The number of ether oxygens (including phenoxy) is 1. The maximum Gasteiger partial charge on any atom is 1.00 e. The molecule has 0 aromatic carbocycles. The zero-order valence-corrected chi connectivity index (χ0v) is 24.1. The zero-order chi connectivity index (χ0) is 25.5. The first-order chi connectivity index (χ1) is 16.1. The molecular weight excluding hydrogens is 459 g/mol. The maximum atomic E-state index is 13.4. The van der Waals surface area contributed by atoms with E-state index in [1.807, 2.05) is 26.0 Å². The summed E-state index contributed by atoms with van der Waals surface area (Å²) in [5, 5.41) is 41.4. The molecule has 0 heterocycles. The number of aliphatic carboxylic acids is 1. The van der Waals surface area contributed by atoms with Crippen molar-refractivity contribution in [3.05, 3.63) is 23.8 Å². The largest absolute Gasteiger partial charge is 1.00 e. The fourth-order valence-electron chi connectivity index (χ4n) is 5.81. The number of carboxylic acid groups (broad SMARTS) is 1. The number of aliphatic hydroxyl groups excluding tert-OH is 3. The van der Waals surface area contributed by atoms with Crippen LogP contribution < -0.4 is 34.7 Å². The second-order valence-corrected chi connectivity index (χ2v) is 10.3. The number of fused-ring (bicyclic) bond motifs is 1. The van der Waals surface area contributed by atoms with Gasteiger partial charge in [0.1, 0.15) is 6.10 Å². The number of aliphatic hydroxyl groups is 3. The van der Waals surface area contributed by atoms with Gasteiger partial charge in [0, 0.05) is 24.7 Å². The van der Waals surface area contributed by atoms with Crippen LogP contribution >= 0.6 is 0 Å². The molecule has 2 rings (SSSR count). The van der Waals surface area contributed by atoms with E-state index in [9.17, 15) is 30.0 Å². The minimum Gasteiger partial charge on any atom is -0.550 e. The third-order valence-electron chi connectivity index (χ3n) is 7.93. The van der Waals surface area contributed by atoms with Crippen molar-refractivity contribution in [3.8, 4) is 0 Å². The number of rotatable bonds is 13.